The van der Waals surface area contributed by atoms with E-state index in [0.717, 1.165) is 12.8 Å². The molecule has 1 saturated carbocycles. The van der Waals surface area contributed by atoms with Gasteiger partial charge in [-0.1, -0.05) is 18.2 Å². The number of imidazole rings is 1. The lowest BCUT2D eigenvalue weighted by molar-refractivity contribution is -0.143. The molecule has 0 radical (unpaired) electrons. The number of hydrogen-bond acceptors (Lipinski definition) is 7. The van der Waals surface area contributed by atoms with E-state index in [1.807, 2.05) is 6.07 Å². The van der Waals surface area contributed by atoms with Gasteiger partial charge in [-0.25, -0.2) is 14.3 Å². The molecule has 5 rings (SSSR count). The fraction of sp³-hybridized carbons (Fsp3) is 0.400. The molecule has 0 spiro atoms. The number of fused-ring (bicyclic) bond motifs is 1. The molecule has 0 bridgehead atoms. The van der Waals surface area contributed by atoms with Crippen LogP contribution < -0.4 is 11.1 Å². The molecule has 1 saturated heterocycles. The summed E-state index contributed by atoms with van der Waals surface area (Å²) in [7, 11) is 0. The zero-order valence-electron chi connectivity index (χ0n) is 23.3. The van der Waals surface area contributed by atoms with Crippen molar-refractivity contribution in [3.05, 3.63) is 60.1 Å². The second-order valence-corrected chi connectivity index (χ2v) is 11.1. The summed E-state index contributed by atoms with van der Waals surface area (Å²) in [6.07, 6.45) is 2.48. The van der Waals surface area contributed by atoms with E-state index in [2.05, 4.69) is 26.5 Å². The van der Waals surface area contributed by atoms with Gasteiger partial charge in [0.1, 0.15) is 11.3 Å². The number of nitriles is 1. The van der Waals surface area contributed by atoms with Crippen molar-refractivity contribution in [3.63, 3.8) is 0 Å². The van der Waals surface area contributed by atoms with Crippen LogP contribution in [0.15, 0.2) is 53.9 Å². The van der Waals surface area contributed by atoms with E-state index in [0.29, 0.717) is 59.2 Å². The minimum Gasteiger partial charge on any atom is -0.404 e. The van der Waals surface area contributed by atoms with E-state index in [1.54, 1.807) is 52.3 Å². The van der Waals surface area contributed by atoms with Gasteiger partial charge in [-0.3, -0.25) is 9.79 Å². The summed E-state index contributed by atoms with van der Waals surface area (Å²) >= 11 is 0. The minimum absolute atomic E-state index is 0.0988. The number of allylic oxidation sites excluding steroid dienone is 1. The third-order valence-electron chi connectivity index (χ3n) is 7.57. The summed E-state index contributed by atoms with van der Waals surface area (Å²) in [4.78, 5) is 35.2. The van der Waals surface area contributed by atoms with Gasteiger partial charge in [-0.15, -0.1) is 0 Å². The summed E-state index contributed by atoms with van der Waals surface area (Å²) < 4.78 is 39.0. The van der Waals surface area contributed by atoms with Crippen molar-refractivity contribution >= 4 is 29.2 Å². The summed E-state index contributed by atoms with van der Waals surface area (Å²) in [6, 6.07) is 10.8. The number of ketones is 1. The van der Waals surface area contributed by atoms with E-state index in [4.69, 9.17) is 5.73 Å². The third-order valence-corrected chi connectivity index (χ3v) is 7.57. The number of nitrogens with one attached hydrogen (secondary N) is 1. The Bertz CT molecular complexity index is 1610. The Balaban J connectivity index is 1.27. The van der Waals surface area contributed by atoms with Gasteiger partial charge in [0.15, 0.2) is 5.65 Å². The number of rotatable bonds is 11. The van der Waals surface area contributed by atoms with Crippen LogP contribution in [0.3, 0.4) is 0 Å². The van der Waals surface area contributed by atoms with Crippen LogP contribution in [0.2, 0.25) is 0 Å². The predicted molar refractivity (Wildman–Crippen MR) is 154 cm³/mol. The van der Waals surface area contributed by atoms with E-state index < -0.39 is 30.3 Å². The molecule has 0 atom stereocenters. The summed E-state index contributed by atoms with van der Waals surface area (Å²) in [5, 5.41) is 16.8. The largest absolute Gasteiger partial charge is 0.404 e. The average molecular weight is 593 g/mol. The quantitative estimate of drug-likeness (QED) is 0.318. The monoisotopic (exact) mass is 592 g/mol. The second kappa shape index (κ2) is 12.2. The number of nitrogens with zero attached hydrogens (tertiary/aromatic N) is 6. The molecule has 10 nitrogen and oxygen atoms in total. The number of aromatic nitrogens is 3. The van der Waals surface area contributed by atoms with Gasteiger partial charge in [0, 0.05) is 48.5 Å². The van der Waals surface area contributed by atoms with Crippen LogP contribution in [0.5, 0.6) is 0 Å². The molecule has 13 heteroatoms. The Morgan fingerprint density at radius 1 is 1.23 bits per heavy atom. The van der Waals surface area contributed by atoms with Crippen LogP contribution in [0.4, 0.5) is 18.0 Å². The van der Waals surface area contributed by atoms with E-state index in [1.165, 1.54) is 6.20 Å². The Labute approximate surface area is 246 Å². The number of benzene rings is 1. The van der Waals surface area contributed by atoms with Crippen molar-refractivity contribution in [3.8, 4) is 17.3 Å². The lowest BCUT2D eigenvalue weighted by atomic mass is 9.87. The molecule has 2 aliphatic rings. The third kappa shape index (κ3) is 7.38. The van der Waals surface area contributed by atoms with Gasteiger partial charge < -0.3 is 16.0 Å². The number of alkyl halides is 3. The van der Waals surface area contributed by atoms with Crippen LogP contribution in [-0.2, 0) is 11.2 Å². The molecule has 0 unspecified atom stereocenters. The maximum absolute atomic E-state index is 12.5. The normalized spacial score (nSPS) is 16.7. The number of nitrogens with two attached hydrogens (primary N) is 1. The topological polar surface area (TPSA) is 142 Å². The summed E-state index contributed by atoms with van der Waals surface area (Å²) in [5.74, 6) is 0.0861. The highest BCUT2D eigenvalue weighted by atomic mass is 19.4. The molecule has 2 fully saturated rings. The smallest absolute Gasteiger partial charge is 0.389 e. The van der Waals surface area contributed by atoms with E-state index in [9.17, 15) is 28.0 Å². The van der Waals surface area contributed by atoms with Gasteiger partial charge in [-0.2, -0.15) is 23.5 Å². The molecule has 1 aromatic carbocycles. The van der Waals surface area contributed by atoms with Crippen LogP contribution in [0.1, 0.15) is 43.2 Å². The van der Waals surface area contributed by atoms with Crippen LogP contribution in [0, 0.1) is 17.2 Å². The van der Waals surface area contributed by atoms with Crippen molar-refractivity contribution in [2.45, 2.75) is 50.2 Å². The van der Waals surface area contributed by atoms with Gasteiger partial charge >= 0.3 is 12.2 Å². The Morgan fingerprint density at radius 3 is 2.72 bits per heavy atom. The van der Waals surface area contributed by atoms with Gasteiger partial charge in [-0.05, 0) is 36.5 Å². The van der Waals surface area contributed by atoms with Crippen molar-refractivity contribution in [1.82, 2.24) is 24.8 Å². The Hall–Kier alpha value is -4.73. The number of carbonyl (C=O) groups excluding carboxylic acids is 2. The molecular formula is C30H31F3N8O2. The average Bonchev–Trinajstić information content (AvgIpc) is 3.69. The number of likely N-dealkylation sites (tertiary alicyclic amines) is 1. The highest BCUT2D eigenvalue weighted by molar-refractivity contribution is 6.10. The van der Waals surface area contributed by atoms with Crippen LogP contribution in [0.25, 0.3) is 22.5 Å². The zero-order chi connectivity index (χ0) is 30.6. The summed E-state index contributed by atoms with van der Waals surface area (Å²) in [6.45, 7) is 1.34. The molecule has 1 aliphatic heterocycles. The standard InChI is InChI=1S/C30H31F3N8O2/c31-30(32,33)7-6-25(42)11-21-2-1-3-22(10-21)26-17-36-27-12-23(16-39-41(26)27)24(13-35)15-38-29(8-9-34)18-40(19-29)28(43)37-14-20-4-5-20/h1-3,10,12-13,15-17,20H,4-8,11,14,18-19,35H2,(H,37,43). The van der Waals surface area contributed by atoms with Crippen molar-refractivity contribution in [2.24, 2.45) is 16.6 Å². The second-order valence-electron chi connectivity index (χ2n) is 11.1. The highest BCUT2D eigenvalue weighted by Gasteiger charge is 2.45. The number of halogens is 3. The van der Waals surface area contributed by atoms with Crippen LogP contribution in [-0.4, -0.2) is 68.9 Å². The van der Waals surface area contributed by atoms with E-state index in [-0.39, 0.29) is 18.9 Å². The summed E-state index contributed by atoms with van der Waals surface area (Å²) in [5.41, 5.74) is 8.88. The lowest BCUT2D eigenvalue weighted by Gasteiger charge is -2.46. The number of urea groups is 1. The molecule has 3 aromatic rings. The molecule has 2 amide bonds. The fourth-order valence-corrected chi connectivity index (χ4v) is 4.95. The van der Waals surface area contributed by atoms with Crippen molar-refractivity contribution < 1.29 is 22.8 Å². The first-order valence-electron chi connectivity index (χ1n) is 14.0. The zero-order valence-corrected chi connectivity index (χ0v) is 23.3. The number of aliphatic imine (C=N–C) groups is 1. The molecule has 224 valence electrons. The Morgan fingerprint density at radius 2 is 2.02 bits per heavy atom. The number of Topliss-reactive ketones (excluding diaryl/α,β-unsaturated/α-hetero) is 1. The van der Waals surface area contributed by atoms with Gasteiger partial charge in [0.05, 0.1) is 50.1 Å². The fourth-order valence-electron chi connectivity index (χ4n) is 4.95. The highest BCUT2D eigenvalue weighted by Crippen LogP contribution is 2.31. The molecule has 3 heterocycles. The molecular weight excluding hydrogens is 561 g/mol. The molecule has 3 N–H and O–H groups in total. The van der Waals surface area contributed by atoms with Crippen LogP contribution >= 0.6 is 0 Å². The maximum Gasteiger partial charge on any atom is 0.389 e. The predicted octanol–water partition coefficient (Wildman–Crippen LogP) is 4.31. The number of hydrogen-bond donors (Lipinski definition) is 2. The first-order chi connectivity index (χ1) is 20.6. The minimum atomic E-state index is -4.37. The van der Waals surface area contributed by atoms with Crippen molar-refractivity contribution in [2.75, 3.05) is 19.6 Å². The molecule has 1 aliphatic carbocycles. The first kappa shape index (κ1) is 29.8. The Kier molecular flexibility index (Phi) is 8.47. The molecule has 43 heavy (non-hydrogen) atoms. The SMILES string of the molecule is N#CCC1(N=CC(=CN)c2cnn3c(-c4cccc(CC(=O)CCC(F)(F)F)c4)cnc3c2)CN(C(=O)NCC2CC2)C1. The number of amides is 2. The number of carbonyl (C=O) groups is 2. The van der Waals surface area contributed by atoms with Gasteiger partial charge in [0.25, 0.3) is 0 Å². The van der Waals surface area contributed by atoms with E-state index >= 15 is 0 Å². The first-order valence-corrected chi connectivity index (χ1v) is 14.0. The van der Waals surface area contributed by atoms with Crippen molar-refractivity contribution in [1.29, 1.82) is 5.26 Å². The van der Waals surface area contributed by atoms with Gasteiger partial charge in [0.2, 0.25) is 0 Å². The molecule has 2 aromatic heterocycles. The maximum atomic E-state index is 12.5. The lowest BCUT2D eigenvalue weighted by Crippen LogP contribution is -2.64.